The van der Waals surface area contributed by atoms with Crippen molar-refractivity contribution >= 4 is 17.2 Å². The summed E-state index contributed by atoms with van der Waals surface area (Å²) in [4.78, 5) is 15.6. The van der Waals surface area contributed by atoms with Crippen LogP contribution in [0.15, 0.2) is 39.5 Å². The second-order valence-electron chi connectivity index (χ2n) is 4.68. The first-order chi connectivity index (χ1) is 10.6. The van der Waals surface area contributed by atoms with Gasteiger partial charge in [0.25, 0.3) is 11.8 Å². The highest BCUT2D eigenvalue weighted by Gasteiger charge is 2.13. The number of aryl methyl sites for hydroxylation is 1. The maximum atomic E-state index is 11.4. The number of rotatable bonds is 5. The smallest absolute Gasteiger partial charge is 0.264 e. The maximum Gasteiger partial charge on any atom is 0.264 e. The number of amides is 1. The highest BCUT2D eigenvalue weighted by atomic mass is 32.1. The lowest BCUT2D eigenvalue weighted by molar-refractivity contribution is 0.0995. The van der Waals surface area contributed by atoms with Crippen molar-refractivity contribution in [3.05, 3.63) is 52.0 Å². The second kappa shape index (κ2) is 5.98. The maximum absolute atomic E-state index is 11.4. The number of aromatic nitrogens is 2. The summed E-state index contributed by atoms with van der Waals surface area (Å²) >= 11 is 1.56. The zero-order valence-corrected chi connectivity index (χ0v) is 12.6. The van der Waals surface area contributed by atoms with Crippen LogP contribution < -0.4 is 10.5 Å². The standard InChI is InChI=1S/C15H13N3O3S/c1-9-2-3-11(14(16)19)12(6-9)20-7-13-17-15(18-21-13)10-4-5-22-8-10/h2-6,8H,7H2,1H3,(H2,16,19). The summed E-state index contributed by atoms with van der Waals surface area (Å²) in [6.07, 6.45) is 0. The molecular formula is C15H13N3O3S. The number of thiophene rings is 1. The molecule has 2 N–H and O–H groups in total. The molecule has 0 aliphatic rings. The van der Waals surface area contributed by atoms with Gasteiger partial charge in [-0.15, -0.1) is 0 Å². The quantitative estimate of drug-likeness (QED) is 0.781. The van der Waals surface area contributed by atoms with E-state index in [0.29, 0.717) is 23.0 Å². The van der Waals surface area contributed by atoms with Crippen LogP contribution in [0.1, 0.15) is 21.8 Å². The molecule has 0 aliphatic heterocycles. The fourth-order valence-corrected chi connectivity index (χ4v) is 2.55. The van der Waals surface area contributed by atoms with Crippen molar-refractivity contribution in [3.8, 4) is 17.1 Å². The number of carbonyl (C=O) groups is 1. The summed E-state index contributed by atoms with van der Waals surface area (Å²) in [6.45, 7) is 1.97. The minimum absolute atomic E-state index is 0.0703. The van der Waals surface area contributed by atoms with Gasteiger partial charge in [-0.3, -0.25) is 4.79 Å². The van der Waals surface area contributed by atoms with Crippen LogP contribution in [-0.4, -0.2) is 16.0 Å². The Bertz CT molecular complexity index is 796. The third kappa shape index (κ3) is 2.99. The third-order valence-corrected chi connectivity index (χ3v) is 3.68. The van der Waals surface area contributed by atoms with Crippen LogP contribution >= 0.6 is 11.3 Å². The van der Waals surface area contributed by atoms with E-state index in [9.17, 15) is 4.79 Å². The molecule has 7 heteroatoms. The zero-order chi connectivity index (χ0) is 15.5. The number of primary amides is 1. The molecule has 112 valence electrons. The predicted molar refractivity (Wildman–Crippen MR) is 81.6 cm³/mol. The number of benzene rings is 1. The van der Waals surface area contributed by atoms with Gasteiger partial charge in [0, 0.05) is 10.9 Å². The summed E-state index contributed by atoms with van der Waals surface area (Å²) in [7, 11) is 0. The lowest BCUT2D eigenvalue weighted by atomic mass is 10.1. The molecule has 2 aromatic heterocycles. The molecule has 0 spiro atoms. The van der Waals surface area contributed by atoms with Gasteiger partial charge in [0.2, 0.25) is 5.82 Å². The van der Waals surface area contributed by atoms with Crippen molar-refractivity contribution in [3.63, 3.8) is 0 Å². The van der Waals surface area contributed by atoms with E-state index in [2.05, 4.69) is 10.1 Å². The predicted octanol–water partition coefficient (Wildman–Crippen LogP) is 2.78. The number of carbonyl (C=O) groups excluding carboxylic acids is 1. The summed E-state index contributed by atoms with van der Waals surface area (Å²) in [6, 6.07) is 7.09. The molecule has 0 saturated heterocycles. The average molecular weight is 315 g/mol. The van der Waals surface area contributed by atoms with Gasteiger partial charge in [-0.1, -0.05) is 11.2 Å². The van der Waals surface area contributed by atoms with Gasteiger partial charge in [-0.2, -0.15) is 16.3 Å². The molecule has 0 saturated carbocycles. The van der Waals surface area contributed by atoms with E-state index in [1.165, 1.54) is 0 Å². The molecule has 0 unspecified atom stereocenters. The molecule has 0 atom stereocenters. The molecule has 0 aliphatic carbocycles. The van der Waals surface area contributed by atoms with Crippen molar-refractivity contribution in [1.82, 2.24) is 10.1 Å². The summed E-state index contributed by atoms with van der Waals surface area (Å²) < 4.78 is 10.7. The van der Waals surface area contributed by atoms with Gasteiger partial charge in [-0.05, 0) is 36.1 Å². The molecule has 6 nitrogen and oxygen atoms in total. The van der Waals surface area contributed by atoms with Crippen molar-refractivity contribution in [1.29, 1.82) is 0 Å². The number of ether oxygens (including phenoxy) is 1. The summed E-state index contributed by atoms with van der Waals surface area (Å²) in [5.74, 6) is 0.708. The zero-order valence-electron chi connectivity index (χ0n) is 11.8. The lowest BCUT2D eigenvalue weighted by Gasteiger charge is -2.08. The summed E-state index contributed by atoms with van der Waals surface area (Å²) in [5, 5.41) is 7.76. The van der Waals surface area contributed by atoms with Gasteiger partial charge >= 0.3 is 0 Å². The monoisotopic (exact) mass is 315 g/mol. The van der Waals surface area contributed by atoms with Crippen LogP contribution in [-0.2, 0) is 6.61 Å². The average Bonchev–Trinajstić information content (AvgIpc) is 3.16. The molecular weight excluding hydrogens is 302 g/mol. The van der Waals surface area contributed by atoms with Crippen molar-refractivity contribution in [2.24, 2.45) is 5.73 Å². The Hall–Kier alpha value is -2.67. The van der Waals surface area contributed by atoms with Crippen molar-refractivity contribution in [2.75, 3.05) is 0 Å². The van der Waals surface area contributed by atoms with Crippen LogP contribution in [0.3, 0.4) is 0 Å². The molecule has 1 aromatic carbocycles. The molecule has 0 radical (unpaired) electrons. The summed E-state index contributed by atoms with van der Waals surface area (Å²) in [5.41, 5.74) is 7.51. The molecule has 3 rings (SSSR count). The van der Waals surface area contributed by atoms with Crippen LogP contribution in [0, 0.1) is 6.92 Å². The van der Waals surface area contributed by atoms with Gasteiger partial charge in [-0.25, -0.2) is 0 Å². The number of hydrogen-bond acceptors (Lipinski definition) is 6. The third-order valence-electron chi connectivity index (χ3n) is 3.00. The van der Waals surface area contributed by atoms with Gasteiger partial charge in [0.05, 0.1) is 5.56 Å². The van der Waals surface area contributed by atoms with E-state index in [1.54, 1.807) is 29.5 Å². The topological polar surface area (TPSA) is 91.2 Å². The van der Waals surface area contributed by atoms with Crippen LogP contribution in [0.4, 0.5) is 0 Å². The van der Waals surface area contributed by atoms with Crippen molar-refractivity contribution in [2.45, 2.75) is 13.5 Å². The highest BCUT2D eigenvalue weighted by molar-refractivity contribution is 7.08. The molecule has 0 bridgehead atoms. The van der Waals surface area contributed by atoms with Gasteiger partial charge in [0.1, 0.15) is 5.75 Å². The van der Waals surface area contributed by atoms with Crippen LogP contribution in [0.2, 0.25) is 0 Å². The Morgan fingerprint density at radius 1 is 1.41 bits per heavy atom. The first-order valence-electron chi connectivity index (χ1n) is 6.52. The first-order valence-corrected chi connectivity index (χ1v) is 7.46. The van der Waals surface area contributed by atoms with Gasteiger partial charge in [0.15, 0.2) is 6.61 Å². The van der Waals surface area contributed by atoms with E-state index in [4.69, 9.17) is 15.0 Å². The molecule has 0 fully saturated rings. The SMILES string of the molecule is Cc1ccc(C(N)=O)c(OCc2nc(-c3ccsc3)no2)c1. The minimum atomic E-state index is -0.542. The fraction of sp³-hybridized carbons (Fsp3) is 0.133. The van der Waals surface area contributed by atoms with E-state index < -0.39 is 5.91 Å². The molecule has 2 heterocycles. The number of hydrogen-bond donors (Lipinski definition) is 1. The Labute approximate surface area is 130 Å². The Balaban J connectivity index is 1.76. The molecule has 3 aromatic rings. The van der Waals surface area contributed by atoms with Crippen molar-refractivity contribution < 1.29 is 14.1 Å². The normalized spacial score (nSPS) is 10.6. The Morgan fingerprint density at radius 3 is 3.00 bits per heavy atom. The Kier molecular flexibility index (Phi) is 3.88. The second-order valence-corrected chi connectivity index (χ2v) is 5.46. The number of nitrogens with two attached hydrogens (primary N) is 1. The Morgan fingerprint density at radius 2 is 2.27 bits per heavy atom. The van der Waals surface area contributed by atoms with E-state index >= 15 is 0 Å². The lowest BCUT2D eigenvalue weighted by Crippen LogP contribution is -2.13. The van der Waals surface area contributed by atoms with Crippen LogP contribution in [0.5, 0.6) is 5.75 Å². The largest absolute Gasteiger partial charge is 0.483 e. The van der Waals surface area contributed by atoms with Gasteiger partial charge < -0.3 is 15.0 Å². The molecule has 22 heavy (non-hydrogen) atoms. The highest BCUT2D eigenvalue weighted by Crippen LogP contribution is 2.22. The minimum Gasteiger partial charge on any atom is -0.483 e. The fourth-order valence-electron chi connectivity index (χ4n) is 1.91. The van der Waals surface area contributed by atoms with E-state index in [-0.39, 0.29) is 6.61 Å². The number of nitrogens with zero attached hydrogens (tertiary/aromatic N) is 2. The first kappa shape index (κ1) is 14.3. The van der Waals surface area contributed by atoms with E-state index in [1.807, 2.05) is 23.8 Å². The van der Waals surface area contributed by atoms with Crippen LogP contribution in [0.25, 0.3) is 11.4 Å². The van der Waals surface area contributed by atoms with E-state index in [0.717, 1.165) is 11.1 Å². The molecule has 1 amide bonds.